The summed E-state index contributed by atoms with van der Waals surface area (Å²) in [6.07, 6.45) is 0. The maximum absolute atomic E-state index is 12.3. The molecule has 0 radical (unpaired) electrons. The number of phenols is 1. The quantitative estimate of drug-likeness (QED) is 0.440. The van der Waals surface area contributed by atoms with Gasteiger partial charge in [0.05, 0.1) is 3.92 Å². The molecule has 112 valence electrons. The van der Waals surface area contributed by atoms with Crippen molar-refractivity contribution in [2.75, 3.05) is 0 Å². The molecule has 1 aromatic rings. The molecule has 3 heteroatoms. The van der Waals surface area contributed by atoms with Gasteiger partial charge in [-0.05, 0) is 29.9 Å². The Morgan fingerprint density at radius 1 is 1.05 bits per heavy atom. The Hall–Kier alpha value is -0.580. The van der Waals surface area contributed by atoms with Crippen LogP contribution in [0.3, 0.4) is 0 Å². The normalized spacial score (nSPS) is 14.2. The number of carbonyl (C=O) groups excluding carboxylic acids is 1. The van der Waals surface area contributed by atoms with Crippen molar-refractivity contribution in [3.8, 4) is 5.75 Å². The molecule has 0 aromatic heterocycles. The van der Waals surface area contributed by atoms with E-state index in [4.69, 9.17) is 0 Å². The van der Waals surface area contributed by atoms with E-state index in [0.29, 0.717) is 11.3 Å². The molecule has 0 fully saturated rings. The number of phenolic OH excluding ortho intramolecular Hbond substituents is 1. The average molecular weight is 388 g/mol. The van der Waals surface area contributed by atoms with Gasteiger partial charge in [-0.1, -0.05) is 64.1 Å². The number of ketones is 1. The zero-order valence-electron chi connectivity index (χ0n) is 13.5. The third kappa shape index (κ3) is 3.74. The maximum atomic E-state index is 12.3. The average Bonchev–Trinajstić information content (AvgIpc) is 2.24. The molecular formula is C17H25IO2. The number of alkyl halides is 1. The van der Waals surface area contributed by atoms with E-state index in [1.54, 1.807) is 0 Å². The van der Waals surface area contributed by atoms with Crippen molar-refractivity contribution in [1.82, 2.24) is 0 Å². The number of carbonyl (C=O) groups is 1. The van der Waals surface area contributed by atoms with Crippen molar-refractivity contribution in [2.45, 2.75) is 63.2 Å². The molecule has 1 aromatic carbocycles. The van der Waals surface area contributed by atoms with E-state index >= 15 is 0 Å². The number of Topliss-reactive ketones (excluding diaryl/α,β-unsaturated/α-hetero) is 1. The third-order valence-electron chi connectivity index (χ3n) is 3.37. The molecule has 0 spiro atoms. The van der Waals surface area contributed by atoms with E-state index < -0.39 is 0 Å². The predicted molar refractivity (Wildman–Crippen MR) is 93.3 cm³/mol. The standard InChI is InChI=1S/C17H25IO2/c1-10(18)14(19)11-8-12(16(2,3)4)15(20)13(9-11)17(5,6)7/h8-10,20H,1-7H3. The molecule has 0 saturated heterocycles. The number of halogens is 1. The predicted octanol–water partition coefficient (Wildman–Crippen LogP) is 4.99. The van der Waals surface area contributed by atoms with Gasteiger partial charge in [-0.15, -0.1) is 0 Å². The van der Waals surface area contributed by atoms with Gasteiger partial charge in [-0.2, -0.15) is 0 Å². The van der Waals surface area contributed by atoms with Gasteiger partial charge < -0.3 is 5.11 Å². The van der Waals surface area contributed by atoms with Crippen LogP contribution in [0.1, 0.15) is 70.0 Å². The van der Waals surface area contributed by atoms with Crippen LogP contribution in [-0.2, 0) is 10.8 Å². The summed E-state index contributed by atoms with van der Waals surface area (Å²) < 4.78 is -0.0715. The van der Waals surface area contributed by atoms with Crippen molar-refractivity contribution >= 4 is 28.4 Å². The molecule has 0 aliphatic heterocycles. The summed E-state index contributed by atoms with van der Waals surface area (Å²) in [5.74, 6) is 0.435. The lowest BCUT2D eigenvalue weighted by molar-refractivity contribution is 0.0998. The van der Waals surface area contributed by atoms with E-state index in [9.17, 15) is 9.90 Å². The molecule has 20 heavy (non-hydrogen) atoms. The van der Waals surface area contributed by atoms with Crippen LogP contribution < -0.4 is 0 Å². The van der Waals surface area contributed by atoms with Crippen LogP contribution in [0.25, 0.3) is 0 Å². The van der Waals surface area contributed by atoms with Gasteiger partial charge in [0.15, 0.2) is 5.78 Å². The zero-order valence-corrected chi connectivity index (χ0v) is 15.6. The highest BCUT2D eigenvalue weighted by Gasteiger charge is 2.28. The maximum Gasteiger partial charge on any atom is 0.175 e. The van der Waals surface area contributed by atoms with Crippen molar-refractivity contribution < 1.29 is 9.90 Å². The van der Waals surface area contributed by atoms with Gasteiger partial charge in [-0.25, -0.2) is 0 Å². The molecule has 0 aliphatic rings. The highest BCUT2D eigenvalue weighted by Crippen LogP contribution is 2.40. The first-order valence-electron chi connectivity index (χ1n) is 6.92. The van der Waals surface area contributed by atoms with Gasteiger partial charge in [-0.3, -0.25) is 4.79 Å². The van der Waals surface area contributed by atoms with E-state index in [-0.39, 0.29) is 20.5 Å². The van der Waals surface area contributed by atoms with E-state index in [2.05, 4.69) is 64.1 Å². The van der Waals surface area contributed by atoms with Crippen LogP contribution in [0.15, 0.2) is 12.1 Å². The van der Waals surface area contributed by atoms with Crippen LogP contribution in [0.2, 0.25) is 0 Å². The number of hydrogen-bond acceptors (Lipinski definition) is 2. The molecule has 0 amide bonds. The molecule has 0 saturated carbocycles. The number of rotatable bonds is 2. The Bertz CT molecular complexity index is 482. The first kappa shape index (κ1) is 17.5. The lowest BCUT2D eigenvalue weighted by Crippen LogP contribution is -2.20. The lowest BCUT2D eigenvalue weighted by Gasteiger charge is -2.28. The smallest absolute Gasteiger partial charge is 0.175 e. The molecule has 1 unspecified atom stereocenters. The minimum Gasteiger partial charge on any atom is -0.507 e. The monoisotopic (exact) mass is 388 g/mol. The van der Waals surface area contributed by atoms with Gasteiger partial charge in [0, 0.05) is 16.7 Å². The van der Waals surface area contributed by atoms with Gasteiger partial charge >= 0.3 is 0 Å². The molecular weight excluding hydrogens is 363 g/mol. The highest BCUT2D eigenvalue weighted by molar-refractivity contribution is 14.1. The molecule has 0 aliphatic carbocycles. The Balaban J connectivity index is 3.63. The number of aromatic hydroxyl groups is 1. The summed E-state index contributed by atoms with van der Waals surface area (Å²) in [4.78, 5) is 12.3. The van der Waals surface area contributed by atoms with Gasteiger partial charge in [0.2, 0.25) is 0 Å². The van der Waals surface area contributed by atoms with Crippen molar-refractivity contribution in [3.05, 3.63) is 28.8 Å². The van der Waals surface area contributed by atoms with Crippen LogP contribution in [0.5, 0.6) is 5.75 Å². The van der Waals surface area contributed by atoms with E-state index in [1.165, 1.54) is 0 Å². The summed E-state index contributed by atoms with van der Waals surface area (Å²) >= 11 is 2.13. The van der Waals surface area contributed by atoms with Gasteiger partial charge in [0.25, 0.3) is 0 Å². The van der Waals surface area contributed by atoms with Crippen LogP contribution in [0, 0.1) is 0 Å². The fraction of sp³-hybridized carbons (Fsp3) is 0.588. The topological polar surface area (TPSA) is 37.3 Å². The summed E-state index contributed by atoms with van der Waals surface area (Å²) in [7, 11) is 0. The van der Waals surface area contributed by atoms with Crippen LogP contribution in [-0.4, -0.2) is 14.8 Å². The second kappa shape index (κ2) is 5.66. The summed E-state index contributed by atoms with van der Waals surface area (Å²) in [6, 6.07) is 3.70. The fourth-order valence-electron chi connectivity index (χ4n) is 2.15. The Labute approximate surface area is 136 Å². The lowest BCUT2D eigenvalue weighted by atomic mass is 9.78. The molecule has 1 N–H and O–H groups in total. The largest absolute Gasteiger partial charge is 0.507 e. The molecule has 0 bridgehead atoms. The molecule has 1 atom stereocenters. The van der Waals surface area contributed by atoms with Crippen LogP contribution >= 0.6 is 22.6 Å². The highest BCUT2D eigenvalue weighted by atomic mass is 127. The SMILES string of the molecule is CC(I)C(=O)c1cc(C(C)(C)C)c(O)c(C(C)(C)C)c1. The minimum atomic E-state index is -0.200. The molecule has 2 nitrogen and oxygen atoms in total. The Morgan fingerprint density at radius 2 is 1.40 bits per heavy atom. The minimum absolute atomic E-state index is 0.0715. The molecule has 0 heterocycles. The number of benzene rings is 1. The van der Waals surface area contributed by atoms with Crippen LogP contribution in [0.4, 0.5) is 0 Å². The summed E-state index contributed by atoms with van der Waals surface area (Å²) in [5.41, 5.74) is 1.97. The second-order valence-corrected chi connectivity index (χ2v) is 9.27. The van der Waals surface area contributed by atoms with Gasteiger partial charge in [0.1, 0.15) is 5.75 Å². The van der Waals surface area contributed by atoms with E-state index in [1.807, 2.05) is 19.1 Å². The first-order valence-corrected chi connectivity index (χ1v) is 8.16. The molecule has 1 rings (SSSR count). The zero-order chi connectivity index (χ0) is 15.9. The third-order valence-corrected chi connectivity index (χ3v) is 3.94. The first-order chi connectivity index (χ1) is 8.85. The summed E-state index contributed by atoms with van der Waals surface area (Å²) in [6.45, 7) is 14.2. The fourth-order valence-corrected chi connectivity index (χ4v) is 2.51. The van der Waals surface area contributed by atoms with Crippen molar-refractivity contribution in [2.24, 2.45) is 0 Å². The summed E-state index contributed by atoms with van der Waals surface area (Å²) in [5, 5.41) is 10.6. The van der Waals surface area contributed by atoms with E-state index in [0.717, 1.165) is 11.1 Å². The number of hydrogen-bond donors (Lipinski definition) is 1. The second-order valence-electron chi connectivity index (χ2n) is 7.40. The Morgan fingerprint density at radius 3 is 1.65 bits per heavy atom. The van der Waals surface area contributed by atoms with Crippen molar-refractivity contribution in [3.63, 3.8) is 0 Å². The van der Waals surface area contributed by atoms with Crippen molar-refractivity contribution in [1.29, 1.82) is 0 Å². The Kier molecular flexibility index (Phi) is 4.95.